The summed E-state index contributed by atoms with van der Waals surface area (Å²) >= 11 is 0. The van der Waals surface area contributed by atoms with Crippen molar-refractivity contribution < 1.29 is 89.4 Å². The maximum absolute atomic E-state index is 13.4. The number of aliphatic hydroxyl groups is 11. The Labute approximate surface area is 511 Å². The van der Waals surface area contributed by atoms with Crippen LogP contribution in [0.2, 0.25) is 0 Å². The molecule has 3 saturated heterocycles. The molecule has 0 spiro atoms. The Balaban J connectivity index is 1.40. The third-order valence-electron chi connectivity index (χ3n) is 17.3. The summed E-state index contributed by atoms with van der Waals surface area (Å²) in [5, 5.41) is 120. The predicted molar refractivity (Wildman–Crippen MR) is 328 cm³/mol. The zero-order valence-corrected chi connectivity index (χ0v) is 52.6. The van der Waals surface area contributed by atoms with Crippen molar-refractivity contribution in [3.8, 4) is 0 Å². The van der Waals surface area contributed by atoms with E-state index in [0.717, 1.165) is 38.5 Å². The molecule has 3 fully saturated rings. The Morgan fingerprint density at radius 1 is 0.412 bits per heavy atom. The fraction of sp³-hybridized carbons (Fsp3) is 0.924. The summed E-state index contributed by atoms with van der Waals surface area (Å²) in [6, 6.07) is -0.985. The molecule has 3 rings (SSSR count). The number of aliphatic hydroxyl groups excluding tert-OH is 11. The Kier molecular flexibility index (Phi) is 44.7. The van der Waals surface area contributed by atoms with Gasteiger partial charge in [0.1, 0.15) is 73.2 Å². The van der Waals surface area contributed by atoms with Gasteiger partial charge in [0.15, 0.2) is 18.9 Å². The van der Waals surface area contributed by atoms with Crippen LogP contribution in [0.15, 0.2) is 24.3 Å². The second-order valence-corrected chi connectivity index (χ2v) is 24.6. The minimum atomic E-state index is -1.98. The molecule has 500 valence electrons. The van der Waals surface area contributed by atoms with Crippen molar-refractivity contribution in [3.63, 3.8) is 0 Å². The van der Waals surface area contributed by atoms with Gasteiger partial charge in [0.25, 0.3) is 0 Å². The van der Waals surface area contributed by atoms with E-state index in [0.29, 0.717) is 12.8 Å². The fourth-order valence-corrected chi connectivity index (χ4v) is 11.7. The third kappa shape index (κ3) is 31.7. The molecular weight excluding hydrogens is 1090 g/mol. The first-order valence-corrected chi connectivity index (χ1v) is 34.1. The molecule has 19 heteroatoms. The number of unbranched alkanes of at least 4 members (excludes halogenated alkanes) is 34. The molecule has 0 aliphatic carbocycles. The van der Waals surface area contributed by atoms with Crippen LogP contribution in [0.5, 0.6) is 0 Å². The summed E-state index contributed by atoms with van der Waals surface area (Å²) < 4.78 is 34.3. The highest BCUT2D eigenvalue weighted by Gasteiger charge is 2.53. The third-order valence-corrected chi connectivity index (χ3v) is 17.3. The van der Waals surface area contributed by atoms with Gasteiger partial charge in [0.05, 0.1) is 38.6 Å². The van der Waals surface area contributed by atoms with Crippen LogP contribution in [0.4, 0.5) is 0 Å². The average molecular weight is 1220 g/mol. The second kappa shape index (κ2) is 49.0. The van der Waals surface area contributed by atoms with Crippen LogP contribution in [0.3, 0.4) is 0 Å². The number of carbonyl (C=O) groups excluding carboxylic acids is 1. The highest BCUT2D eigenvalue weighted by atomic mass is 16.8. The van der Waals surface area contributed by atoms with Crippen LogP contribution < -0.4 is 5.32 Å². The smallest absolute Gasteiger partial charge is 0.220 e. The lowest BCUT2D eigenvalue weighted by molar-refractivity contribution is -0.379. The molecule has 85 heavy (non-hydrogen) atoms. The summed E-state index contributed by atoms with van der Waals surface area (Å²) in [6.45, 7) is 1.72. The van der Waals surface area contributed by atoms with Crippen LogP contribution in [0.1, 0.15) is 258 Å². The van der Waals surface area contributed by atoms with Crippen LogP contribution in [-0.4, -0.2) is 193 Å². The summed E-state index contributed by atoms with van der Waals surface area (Å²) in [5.41, 5.74) is 0. The zero-order chi connectivity index (χ0) is 61.9. The first-order chi connectivity index (χ1) is 41.3. The van der Waals surface area contributed by atoms with E-state index in [1.165, 1.54) is 186 Å². The molecule has 0 bridgehead atoms. The van der Waals surface area contributed by atoms with Crippen molar-refractivity contribution >= 4 is 5.91 Å². The van der Waals surface area contributed by atoms with Crippen molar-refractivity contribution in [3.05, 3.63) is 24.3 Å². The Morgan fingerprint density at radius 3 is 1.18 bits per heavy atom. The fourth-order valence-electron chi connectivity index (χ4n) is 11.7. The average Bonchev–Trinajstić information content (AvgIpc) is 3.07. The number of amides is 1. The van der Waals surface area contributed by atoms with E-state index in [1.807, 2.05) is 6.08 Å². The van der Waals surface area contributed by atoms with Gasteiger partial charge in [-0.05, 0) is 32.1 Å². The topological polar surface area (TPSA) is 307 Å². The molecule has 1 amide bonds. The normalized spacial score (nSPS) is 29.1. The quantitative estimate of drug-likeness (QED) is 0.0201. The molecule has 0 aromatic rings. The molecule has 3 heterocycles. The number of carbonyl (C=O) groups is 1. The van der Waals surface area contributed by atoms with Crippen molar-refractivity contribution in [1.29, 1.82) is 0 Å². The molecule has 17 atom stereocenters. The molecule has 3 aliphatic heterocycles. The summed E-state index contributed by atoms with van der Waals surface area (Å²) in [6.07, 6.45) is 27.5. The van der Waals surface area contributed by atoms with E-state index >= 15 is 0 Å². The Morgan fingerprint density at radius 2 is 0.753 bits per heavy atom. The number of nitrogens with one attached hydrogen (secondary N) is 1. The SMILES string of the molecule is CCCCCCCCC/C=C/CC/C=C/C(O)C(COC1OC(CO)C(OC2OC(CO)C(OC3OC(CO)C(O)C(O)C3O)C(O)C2O)C(O)C1O)NC(=O)CCCCCCCCCCCCCCCCCCCCCCCCCCCCC. The lowest BCUT2D eigenvalue weighted by Crippen LogP contribution is -2.66. The van der Waals surface area contributed by atoms with E-state index in [-0.39, 0.29) is 18.9 Å². The van der Waals surface area contributed by atoms with E-state index in [9.17, 15) is 61.0 Å². The van der Waals surface area contributed by atoms with E-state index < -0.39 is 124 Å². The van der Waals surface area contributed by atoms with Gasteiger partial charge in [0, 0.05) is 6.42 Å². The Bertz CT molecular complexity index is 1640. The number of hydrogen-bond acceptors (Lipinski definition) is 18. The predicted octanol–water partition coefficient (Wildman–Crippen LogP) is 8.27. The molecule has 3 aliphatic rings. The molecule has 0 radical (unpaired) electrons. The van der Waals surface area contributed by atoms with Gasteiger partial charge >= 0.3 is 0 Å². The standard InChI is InChI=1S/C66H123NO18/c1-3-5-7-9-11-13-15-17-18-19-20-21-22-23-24-25-26-27-28-29-30-32-34-36-38-40-42-44-54(72)67-49(50(71)43-41-39-37-35-33-31-16-14-12-10-8-6-4-2)48-80-64-60(78)57(75)62(52(46-69)82-64)85-66-61(79)58(76)63(53(47-70)83-66)84-65-59(77)56(74)55(73)51(45-68)81-65/h33,35,41,43,49-53,55-66,68-71,73-79H,3-32,34,36-40,42,44-48H2,1-2H3,(H,67,72)/b35-33+,43-41+. The second-order valence-electron chi connectivity index (χ2n) is 24.6. The van der Waals surface area contributed by atoms with Crippen LogP contribution in [0.25, 0.3) is 0 Å². The van der Waals surface area contributed by atoms with Gasteiger partial charge < -0.3 is 89.9 Å². The summed E-state index contributed by atoms with van der Waals surface area (Å²) in [7, 11) is 0. The van der Waals surface area contributed by atoms with E-state index in [4.69, 9.17) is 28.4 Å². The zero-order valence-electron chi connectivity index (χ0n) is 52.6. The maximum atomic E-state index is 13.4. The van der Waals surface area contributed by atoms with Gasteiger partial charge in [-0.3, -0.25) is 4.79 Å². The maximum Gasteiger partial charge on any atom is 0.220 e. The van der Waals surface area contributed by atoms with E-state index in [1.54, 1.807) is 6.08 Å². The molecule has 0 aromatic carbocycles. The number of allylic oxidation sites excluding steroid dienone is 3. The van der Waals surface area contributed by atoms with Gasteiger partial charge in [0.2, 0.25) is 5.91 Å². The highest BCUT2D eigenvalue weighted by Crippen LogP contribution is 2.33. The highest BCUT2D eigenvalue weighted by molar-refractivity contribution is 5.76. The van der Waals surface area contributed by atoms with Crippen molar-refractivity contribution in [2.75, 3.05) is 26.4 Å². The van der Waals surface area contributed by atoms with Crippen LogP contribution >= 0.6 is 0 Å². The van der Waals surface area contributed by atoms with Gasteiger partial charge in [-0.1, -0.05) is 244 Å². The van der Waals surface area contributed by atoms with Crippen molar-refractivity contribution in [2.24, 2.45) is 0 Å². The lowest BCUT2D eigenvalue weighted by Gasteiger charge is -2.48. The van der Waals surface area contributed by atoms with E-state index in [2.05, 4.69) is 31.3 Å². The number of ether oxygens (including phenoxy) is 6. The van der Waals surface area contributed by atoms with Gasteiger partial charge in [-0.2, -0.15) is 0 Å². The largest absolute Gasteiger partial charge is 0.394 e. The molecule has 12 N–H and O–H groups in total. The van der Waals surface area contributed by atoms with Gasteiger partial charge in [-0.25, -0.2) is 0 Å². The summed E-state index contributed by atoms with van der Waals surface area (Å²) in [4.78, 5) is 13.4. The Hall–Kier alpha value is -1.73. The number of rotatable bonds is 52. The molecule has 0 aromatic heterocycles. The first-order valence-electron chi connectivity index (χ1n) is 34.1. The van der Waals surface area contributed by atoms with Crippen molar-refractivity contribution in [1.82, 2.24) is 5.32 Å². The minimum absolute atomic E-state index is 0.240. The first kappa shape index (κ1) is 77.5. The molecule has 0 saturated carbocycles. The van der Waals surface area contributed by atoms with Crippen LogP contribution in [0, 0.1) is 0 Å². The minimum Gasteiger partial charge on any atom is -0.394 e. The lowest BCUT2D eigenvalue weighted by atomic mass is 9.96. The van der Waals surface area contributed by atoms with Gasteiger partial charge in [-0.15, -0.1) is 0 Å². The molecule has 19 nitrogen and oxygen atoms in total. The van der Waals surface area contributed by atoms with Crippen LogP contribution in [-0.2, 0) is 33.2 Å². The molecular formula is C66H123NO18. The number of hydrogen-bond donors (Lipinski definition) is 12. The monoisotopic (exact) mass is 1220 g/mol. The molecule has 17 unspecified atom stereocenters. The summed E-state index contributed by atoms with van der Waals surface area (Å²) in [5.74, 6) is -0.281. The van der Waals surface area contributed by atoms with Crippen molar-refractivity contribution in [2.45, 2.75) is 362 Å².